The van der Waals surface area contributed by atoms with E-state index < -0.39 is 17.9 Å². The van der Waals surface area contributed by atoms with Crippen LogP contribution in [0.2, 0.25) is 0 Å². The highest BCUT2D eigenvalue weighted by molar-refractivity contribution is 5.76. The van der Waals surface area contributed by atoms with Crippen LogP contribution in [0.15, 0.2) is 18.2 Å². The van der Waals surface area contributed by atoms with Gasteiger partial charge in [0, 0.05) is 36.2 Å². The summed E-state index contributed by atoms with van der Waals surface area (Å²) in [6.07, 6.45) is 5.79. The second kappa shape index (κ2) is 7.91. The lowest BCUT2D eigenvalue weighted by atomic mass is 9.70. The first-order valence-corrected chi connectivity index (χ1v) is 9.64. The molecule has 2 N–H and O–H groups in total. The molecule has 1 saturated carbocycles. The second-order valence-corrected chi connectivity index (χ2v) is 7.77. The fourth-order valence-electron chi connectivity index (χ4n) is 4.52. The molecule has 0 radical (unpaired) electrons. The first kappa shape index (κ1) is 19.1. The summed E-state index contributed by atoms with van der Waals surface area (Å²) >= 11 is 0. The highest BCUT2D eigenvalue weighted by Crippen LogP contribution is 2.48. The van der Waals surface area contributed by atoms with Crippen molar-refractivity contribution >= 4 is 11.6 Å². The molecule has 1 spiro atoms. The molecule has 2 fully saturated rings. The minimum atomic E-state index is -0.793. The summed E-state index contributed by atoms with van der Waals surface area (Å²) < 4.78 is 27.1. The molecule has 1 saturated heterocycles. The molecular formula is C20H28F2N2O2. The van der Waals surface area contributed by atoms with E-state index in [-0.39, 0.29) is 17.4 Å². The lowest BCUT2D eigenvalue weighted by Crippen LogP contribution is -2.48. The number of anilines is 1. The Hall–Kier alpha value is -1.69. The Kier molecular flexibility index (Phi) is 5.80. The van der Waals surface area contributed by atoms with Gasteiger partial charge in [-0.15, -0.1) is 0 Å². The van der Waals surface area contributed by atoms with Crippen molar-refractivity contribution < 1.29 is 18.7 Å². The van der Waals surface area contributed by atoms with Gasteiger partial charge in [0.15, 0.2) is 0 Å². The Morgan fingerprint density at radius 2 is 2.04 bits per heavy atom. The molecule has 2 aliphatic rings. The van der Waals surface area contributed by atoms with Gasteiger partial charge in [-0.05, 0) is 44.2 Å². The SMILES string of the molecule is CCCCC(=O)NC1CCCC2(CCN(c3cc(F)cc(F)c3)C2O)C1. The average Bonchev–Trinajstić information content (AvgIpc) is 2.88. The Bertz CT molecular complexity index is 634. The van der Waals surface area contributed by atoms with Crippen molar-refractivity contribution in [3.05, 3.63) is 29.8 Å². The van der Waals surface area contributed by atoms with Crippen molar-refractivity contribution in [1.29, 1.82) is 0 Å². The van der Waals surface area contributed by atoms with Crippen LogP contribution in [0.25, 0.3) is 0 Å². The number of benzene rings is 1. The minimum absolute atomic E-state index is 0.0620. The molecule has 1 heterocycles. The Morgan fingerprint density at radius 1 is 1.31 bits per heavy atom. The van der Waals surface area contributed by atoms with Gasteiger partial charge in [0.05, 0.1) is 0 Å². The Morgan fingerprint density at radius 3 is 2.73 bits per heavy atom. The number of nitrogens with zero attached hydrogens (tertiary/aromatic N) is 1. The van der Waals surface area contributed by atoms with Crippen molar-refractivity contribution in [2.24, 2.45) is 5.41 Å². The monoisotopic (exact) mass is 366 g/mol. The lowest BCUT2D eigenvalue weighted by molar-refractivity contribution is -0.122. The van der Waals surface area contributed by atoms with Crippen molar-refractivity contribution in [1.82, 2.24) is 5.32 Å². The van der Waals surface area contributed by atoms with Crippen LogP contribution in [0.3, 0.4) is 0 Å². The minimum Gasteiger partial charge on any atom is -0.373 e. The summed E-state index contributed by atoms with van der Waals surface area (Å²) in [5, 5.41) is 14.1. The number of amides is 1. The standard InChI is InChI=1S/C20H28F2N2O2/c1-2-3-6-18(25)23-16-5-4-7-20(13-16)8-9-24(19(20)26)17-11-14(21)10-15(22)12-17/h10-12,16,19,26H,2-9,13H2,1H3,(H,23,25). The molecule has 1 aliphatic heterocycles. The molecule has 4 nitrogen and oxygen atoms in total. The first-order valence-electron chi connectivity index (χ1n) is 9.64. The zero-order chi connectivity index (χ0) is 18.7. The first-order chi connectivity index (χ1) is 12.4. The lowest BCUT2D eigenvalue weighted by Gasteiger charge is -2.41. The molecule has 1 aromatic carbocycles. The van der Waals surface area contributed by atoms with E-state index in [1.165, 1.54) is 12.1 Å². The molecule has 3 unspecified atom stereocenters. The van der Waals surface area contributed by atoms with Gasteiger partial charge in [-0.25, -0.2) is 8.78 Å². The maximum atomic E-state index is 13.6. The third-order valence-corrected chi connectivity index (χ3v) is 5.88. The van der Waals surface area contributed by atoms with Gasteiger partial charge >= 0.3 is 0 Å². The molecule has 1 amide bonds. The van der Waals surface area contributed by atoms with E-state index in [0.29, 0.717) is 25.1 Å². The number of unbranched alkanes of at least 4 members (excludes halogenated alkanes) is 1. The van der Waals surface area contributed by atoms with Crippen molar-refractivity contribution in [3.63, 3.8) is 0 Å². The molecule has 3 atom stereocenters. The fourth-order valence-corrected chi connectivity index (χ4v) is 4.52. The van der Waals surface area contributed by atoms with E-state index in [9.17, 15) is 18.7 Å². The molecule has 6 heteroatoms. The van der Waals surface area contributed by atoms with Crippen LogP contribution >= 0.6 is 0 Å². The maximum Gasteiger partial charge on any atom is 0.220 e. The smallest absolute Gasteiger partial charge is 0.220 e. The number of aliphatic hydroxyl groups is 1. The topological polar surface area (TPSA) is 52.6 Å². The third kappa shape index (κ3) is 4.00. The van der Waals surface area contributed by atoms with Gasteiger partial charge in [0.1, 0.15) is 17.9 Å². The molecule has 0 aromatic heterocycles. The maximum absolute atomic E-state index is 13.6. The summed E-state index contributed by atoms with van der Waals surface area (Å²) in [7, 11) is 0. The Labute approximate surface area is 153 Å². The van der Waals surface area contributed by atoms with E-state index >= 15 is 0 Å². The van der Waals surface area contributed by atoms with Gasteiger partial charge in [-0.3, -0.25) is 4.79 Å². The highest BCUT2D eigenvalue weighted by Gasteiger charge is 2.49. The van der Waals surface area contributed by atoms with Gasteiger partial charge in [0.2, 0.25) is 5.91 Å². The number of nitrogens with one attached hydrogen (secondary N) is 1. The summed E-state index contributed by atoms with van der Waals surface area (Å²) in [6, 6.07) is 3.42. The number of hydrogen-bond acceptors (Lipinski definition) is 3. The van der Waals surface area contributed by atoms with Crippen LogP contribution in [-0.2, 0) is 4.79 Å². The summed E-state index contributed by atoms with van der Waals surface area (Å²) in [5.41, 5.74) is 0.0463. The van der Waals surface area contributed by atoms with Gasteiger partial charge in [0.25, 0.3) is 0 Å². The zero-order valence-electron chi connectivity index (χ0n) is 15.3. The quantitative estimate of drug-likeness (QED) is 0.835. The van der Waals surface area contributed by atoms with Crippen LogP contribution in [0, 0.1) is 17.0 Å². The van der Waals surface area contributed by atoms with Crippen LogP contribution in [0.5, 0.6) is 0 Å². The summed E-state index contributed by atoms with van der Waals surface area (Å²) in [6.45, 7) is 2.61. The van der Waals surface area contributed by atoms with E-state index in [0.717, 1.165) is 44.6 Å². The van der Waals surface area contributed by atoms with Gasteiger partial charge in [-0.2, -0.15) is 0 Å². The summed E-state index contributed by atoms with van der Waals surface area (Å²) in [4.78, 5) is 13.7. The normalized spacial score (nSPS) is 28.5. The number of carbonyl (C=O) groups is 1. The van der Waals surface area contributed by atoms with Gasteiger partial charge < -0.3 is 15.3 Å². The number of hydrogen-bond donors (Lipinski definition) is 2. The van der Waals surface area contributed by atoms with E-state index in [1.54, 1.807) is 4.90 Å². The van der Waals surface area contributed by atoms with E-state index in [1.807, 2.05) is 0 Å². The molecule has 1 aromatic rings. The number of halogens is 2. The molecule has 144 valence electrons. The van der Waals surface area contributed by atoms with Crippen LogP contribution in [0.4, 0.5) is 14.5 Å². The molecule has 3 rings (SSSR count). The van der Waals surface area contributed by atoms with Gasteiger partial charge in [-0.1, -0.05) is 19.8 Å². The second-order valence-electron chi connectivity index (χ2n) is 7.77. The molecule has 26 heavy (non-hydrogen) atoms. The van der Waals surface area contributed by atoms with Crippen molar-refractivity contribution in [3.8, 4) is 0 Å². The Balaban J connectivity index is 1.69. The van der Waals surface area contributed by atoms with E-state index in [4.69, 9.17) is 0 Å². The largest absolute Gasteiger partial charge is 0.373 e. The zero-order valence-corrected chi connectivity index (χ0v) is 15.3. The average molecular weight is 366 g/mol. The highest BCUT2D eigenvalue weighted by atomic mass is 19.1. The predicted octanol–water partition coefficient (Wildman–Crippen LogP) is 3.73. The van der Waals surface area contributed by atoms with E-state index in [2.05, 4.69) is 12.2 Å². The predicted molar refractivity (Wildman–Crippen MR) is 96.7 cm³/mol. The van der Waals surface area contributed by atoms with Crippen LogP contribution < -0.4 is 10.2 Å². The molecule has 0 bridgehead atoms. The van der Waals surface area contributed by atoms with Crippen LogP contribution in [-0.4, -0.2) is 29.8 Å². The van der Waals surface area contributed by atoms with Crippen LogP contribution in [0.1, 0.15) is 58.3 Å². The number of rotatable bonds is 5. The number of carbonyl (C=O) groups excluding carboxylic acids is 1. The summed E-state index contributed by atoms with van der Waals surface area (Å²) in [5.74, 6) is -1.21. The molecule has 1 aliphatic carbocycles. The third-order valence-electron chi connectivity index (χ3n) is 5.88. The number of aliphatic hydroxyl groups excluding tert-OH is 1. The van der Waals surface area contributed by atoms with Crippen molar-refractivity contribution in [2.45, 2.75) is 70.6 Å². The fraction of sp³-hybridized carbons (Fsp3) is 0.650. The van der Waals surface area contributed by atoms with Crippen molar-refractivity contribution in [2.75, 3.05) is 11.4 Å². The molecular weight excluding hydrogens is 338 g/mol.